The fourth-order valence-electron chi connectivity index (χ4n) is 1.46. The Balaban J connectivity index is 2.14. The monoisotopic (exact) mass is 246 g/mol. The van der Waals surface area contributed by atoms with Crippen LogP contribution in [-0.4, -0.2) is 5.84 Å². The first-order valence-corrected chi connectivity index (χ1v) is 6.20. The molecule has 2 rings (SSSR count). The van der Waals surface area contributed by atoms with Crippen molar-refractivity contribution < 1.29 is 4.74 Å². The maximum absolute atomic E-state index is 7.40. The normalized spacial score (nSPS) is 10.2. The van der Waals surface area contributed by atoms with Gasteiger partial charge in [0.05, 0.1) is 0 Å². The standard InChI is InChI=1S/C13H14N2OS/c1-9-2-3-11(13(14)15)6-12(9)16-7-10-4-5-17-8-10/h2-6,8H,7H2,1H3,(H3,14,15). The molecule has 0 unspecified atom stereocenters. The zero-order valence-corrected chi connectivity index (χ0v) is 10.4. The fraction of sp³-hybridized carbons (Fsp3) is 0.154. The zero-order valence-electron chi connectivity index (χ0n) is 9.57. The third-order valence-corrected chi connectivity index (χ3v) is 3.21. The van der Waals surface area contributed by atoms with Crippen molar-refractivity contribution in [2.24, 2.45) is 5.73 Å². The van der Waals surface area contributed by atoms with Gasteiger partial charge in [-0.05, 0) is 40.9 Å². The average molecular weight is 246 g/mol. The smallest absolute Gasteiger partial charge is 0.123 e. The van der Waals surface area contributed by atoms with Crippen molar-refractivity contribution in [1.82, 2.24) is 0 Å². The van der Waals surface area contributed by atoms with Gasteiger partial charge < -0.3 is 10.5 Å². The molecule has 1 aromatic carbocycles. The highest BCUT2D eigenvalue weighted by Crippen LogP contribution is 2.21. The van der Waals surface area contributed by atoms with Crippen LogP contribution in [0, 0.1) is 12.3 Å². The molecule has 88 valence electrons. The van der Waals surface area contributed by atoms with Crippen LogP contribution in [-0.2, 0) is 6.61 Å². The Morgan fingerprint density at radius 1 is 1.41 bits per heavy atom. The van der Waals surface area contributed by atoms with Gasteiger partial charge in [-0.3, -0.25) is 5.41 Å². The molecule has 4 heteroatoms. The number of ether oxygens (including phenoxy) is 1. The molecule has 0 fully saturated rings. The molecule has 0 aliphatic carbocycles. The zero-order chi connectivity index (χ0) is 12.3. The van der Waals surface area contributed by atoms with Crippen molar-refractivity contribution in [2.75, 3.05) is 0 Å². The van der Waals surface area contributed by atoms with Gasteiger partial charge in [0.15, 0.2) is 0 Å². The van der Waals surface area contributed by atoms with Crippen molar-refractivity contribution in [3.05, 3.63) is 51.7 Å². The number of rotatable bonds is 4. The number of nitrogens with one attached hydrogen (secondary N) is 1. The fourth-order valence-corrected chi connectivity index (χ4v) is 2.11. The summed E-state index contributed by atoms with van der Waals surface area (Å²) >= 11 is 1.65. The van der Waals surface area contributed by atoms with Gasteiger partial charge in [-0.2, -0.15) is 11.3 Å². The first-order valence-electron chi connectivity index (χ1n) is 5.26. The first kappa shape index (κ1) is 11.7. The van der Waals surface area contributed by atoms with Crippen molar-refractivity contribution >= 4 is 17.2 Å². The Hall–Kier alpha value is -1.81. The van der Waals surface area contributed by atoms with Crippen molar-refractivity contribution in [3.8, 4) is 5.75 Å². The number of nitrogens with two attached hydrogens (primary N) is 1. The molecule has 1 aromatic heterocycles. The number of thiophene rings is 1. The summed E-state index contributed by atoms with van der Waals surface area (Å²) in [4.78, 5) is 0. The lowest BCUT2D eigenvalue weighted by molar-refractivity contribution is 0.304. The second-order valence-electron chi connectivity index (χ2n) is 3.81. The van der Waals surface area contributed by atoms with E-state index in [0.717, 1.165) is 16.9 Å². The Bertz CT molecular complexity index is 520. The van der Waals surface area contributed by atoms with Gasteiger partial charge in [0, 0.05) is 5.56 Å². The number of amidine groups is 1. The minimum absolute atomic E-state index is 0.0605. The van der Waals surface area contributed by atoms with Crippen molar-refractivity contribution in [3.63, 3.8) is 0 Å². The van der Waals surface area contributed by atoms with E-state index in [0.29, 0.717) is 12.2 Å². The molecule has 0 atom stereocenters. The molecule has 2 aromatic rings. The van der Waals surface area contributed by atoms with Crippen LogP contribution in [0.25, 0.3) is 0 Å². The molecule has 3 N–H and O–H groups in total. The summed E-state index contributed by atoms with van der Waals surface area (Å²) in [6.45, 7) is 2.53. The topological polar surface area (TPSA) is 59.1 Å². The summed E-state index contributed by atoms with van der Waals surface area (Å²) in [5.41, 5.74) is 8.35. The van der Waals surface area contributed by atoms with Crippen LogP contribution >= 0.6 is 11.3 Å². The SMILES string of the molecule is Cc1ccc(C(=N)N)cc1OCc1ccsc1. The second-order valence-corrected chi connectivity index (χ2v) is 4.59. The summed E-state index contributed by atoms with van der Waals surface area (Å²) in [5, 5.41) is 11.5. The maximum Gasteiger partial charge on any atom is 0.123 e. The van der Waals surface area contributed by atoms with Crippen LogP contribution in [0.1, 0.15) is 16.7 Å². The predicted molar refractivity (Wildman–Crippen MR) is 70.8 cm³/mol. The molecule has 0 bridgehead atoms. The number of hydrogen-bond donors (Lipinski definition) is 2. The number of benzene rings is 1. The molecule has 0 amide bonds. The van der Waals surface area contributed by atoms with Crippen LogP contribution in [0.15, 0.2) is 35.0 Å². The minimum atomic E-state index is 0.0605. The van der Waals surface area contributed by atoms with E-state index in [4.69, 9.17) is 15.9 Å². The summed E-state index contributed by atoms with van der Waals surface area (Å²) < 4.78 is 5.73. The van der Waals surface area contributed by atoms with E-state index in [9.17, 15) is 0 Å². The van der Waals surface area contributed by atoms with Gasteiger partial charge >= 0.3 is 0 Å². The molecule has 0 radical (unpaired) electrons. The highest BCUT2D eigenvalue weighted by molar-refractivity contribution is 7.07. The minimum Gasteiger partial charge on any atom is -0.489 e. The highest BCUT2D eigenvalue weighted by Gasteiger charge is 2.04. The highest BCUT2D eigenvalue weighted by atomic mass is 32.1. The van der Waals surface area contributed by atoms with Crippen molar-refractivity contribution in [2.45, 2.75) is 13.5 Å². The van der Waals surface area contributed by atoms with Crippen LogP contribution in [0.5, 0.6) is 5.75 Å². The lowest BCUT2D eigenvalue weighted by atomic mass is 10.1. The van der Waals surface area contributed by atoms with E-state index in [2.05, 4.69) is 5.38 Å². The van der Waals surface area contributed by atoms with Gasteiger partial charge in [-0.25, -0.2) is 0 Å². The van der Waals surface area contributed by atoms with Gasteiger partial charge in [0.25, 0.3) is 0 Å². The van der Waals surface area contributed by atoms with E-state index in [-0.39, 0.29) is 5.84 Å². The van der Waals surface area contributed by atoms with Gasteiger partial charge in [-0.1, -0.05) is 12.1 Å². The Morgan fingerprint density at radius 3 is 2.88 bits per heavy atom. The molecule has 17 heavy (non-hydrogen) atoms. The molecule has 0 saturated heterocycles. The second kappa shape index (κ2) is 5.01. The molecule has 0 saturated carbocycles. The number of nitrogen functional groups attached to an aromatic ring is 1. The van der Waals surface area contributed by atoms with Crippen LogP contribution in [0.3, 0.4) is 0 Å². The van der Waals surface area contributed by atoms with Crippen LogP contribution < -0.4 is 10.5 Å². The summed E-state index contributed by atoms with van der Waals surface area (Å²) in [7, 11) is 0. The quantitative estimate of drug-likeness (QED) is 0.643. The van der Waals surface area contributed by atoms with E-state index in [1.165, 1.54) is 0 Å². The first-order chi connectivity index (χ1) is 8.16. The molecule has 1 heterocycles. The van der Waals surface area contributed by atoms with Crippen LogP contribution in [0.2, 0.25) is 0 Å². The van der Waals surface area contributed by atoms with Crippen molar-refractivity contribution in [1.29, 1.82) is 5.41 Å². The molecule has 0 aliphatic heterocycles. The number of hydrogen-bond acceptors (Lipinski definition) is 3. The molecule has 0 spiro atoms. The van der Waals surface area contributed by atoms with E-state index in [1.54, 1.807) is 11.3 Å². The lowest BCUT2D eigenvalue weighted by Gasteiger charge is -2.09. The molecule has 3 nitrogen and oxygen atoms in total. The summed E-state index contributed by atoms with van der Waals surface area (Å²) in [5.74, 6) is 0.842. The molecule has 0 aliphatic rings. The Labute approximate surface area is 104 Å². The van der Waals surface area contributed by atoms with E-state index >= 15 is 0 Å². The lowest BCUT2D eigenvalue weighted by Crippen LogP contribution is -2.11. The largest absolute Gasteiger partial charge is 0.489 e. The van der Waals surface area contributed by atoms with Gasteiger partial charge in [0.1, 0.15) is 18.2 Å². The van der Waals surface area contributed by atoms with Gasteiger partial charge in [-0.15, -0.1) is 0 Å². The van der Waals surface area contributed by atoms with E-state index < -0.39 is 0 Å². The van der Waals surface area contributed by atoms with Crippen LogP contribution in [0.4, 0.5) is 0 Å². The Kier molecular flexibility index (Phi) is 3.44. The van der Waals surface area contributed by atoms with Gasteiger partial charge in [0.2, 0.25) is 0 Å². The average Bonchev–Trinajstić information content (AvgIpc) is 2.80. The maximum atomic E-state index is 7.40. The predicted octanol–water partition coefficient (Wildman–Crippen LogP) is 2.92. The third kappa shape index (κ3) is 2.85. The number of aryl methyl sites for hydroxylation is 1. The Morgan fingerprint density at radius 2 is 2.24 bits per heavy atom. The third-order valence-electron chi connectivity index (χ3n) is 2.47. The molecular weight excluding hydrogens is 232 g/mol. The van der Waals surface area contributed by atoms with E-state index in [1.807, 2.05) is 36.6 Å². The summed E-state index contributed by atoms with van der Waals surface area (Å²) in [6, 6.07) is 7.59. The molecular formula is C13H14N2OS. The summed E-state index contributed by atoms with van der Waals surface area (Å²) in [6.07, 6.45) is 0.